The van der Waals surface area contributed by atoms with Gasteiger partial charge in [0, 0.05) is 37.9 Å². The Morgan fingerprint density at radius 2 is 2.14 bits per heavy atom. The molecule has 0 unspecified atom stereocenters. The van der Waals surface area contributed by atoms with Crippen LogP contribution in [-0.4, -0.2) is 61.9 Å². The van der Waals surface area contributed by atoms with E-state index in [2.05, 4.69) is 10.2 Å². The zero-order valence-electron chi connectivity index (χ0n) is 13.1. The van der Waals surface area contributed by atoms with Gasteiger partial charge in [0.1, 0.15) is 6.54 Å². The lowest BCUT2D eigenvalue weighted by Gasteiger charge is -2.26. The molecule has 0 aromatic carbocycles. The Morgan fingerprint density at radius 1 is 1.41 bits per heavy atom. The third kappa shape index (κ3) is 4.57. The number of hydrogen-bond donors (Lipinski definition) is 1. The summed E-state index contributed by atoms with van der Waals surface area (Å²) in [6.45, 7) is 6.72. The number of carbonyl (C=O) groups excluding carboxylic acids is 1. The minimum atomic E-state index is -0.177. The van der Waals surface area contributed by atoms with Crippen LogP contribution in [-0.2, 0) is 16.1 Å². The maximum atomic E-state index is 12.0. The number of aryl methyl sites for hydroxylation is 1. The molecular weight excluding hydrogens is 286 g/mol. The van der Waals surface area contributed by atoms with Gasteiger partial charge in [-0.05, 0) is 6.92 Å². The first-order chi connectivity index (χ1) is 10.6. The Morgan fingerprint density at radius 3 is 2.82 bits per heavy atom. The Balaban J connectivity index is 1.82. The summed E-state index contributed by atoms with van der Waals surface area (Å²) in [5, 5.41) is 2.90. The van der Waals surface area contributed by atoms with E-state index in [0.29, 0.717) is 6.54 Å². The first kappa shape index (κ1) is 16.5. The number of ether oxygens (including phenoxy) is 2. The topological polar surface area (TPSA) is 72.8 Å². The predicted molar refractivity (Wildman–Crippen MR) is 82.3 cm³/mol. The third-order valence-electron chi connectivity index (χ3n) is 3.70. The van der Waals surface area contributed by atoms with E-state index < -0.39 is 0 Å². The maximum absolute atomic E-state index is 12.0. The molecule has 1 aliphatic heterocycles. The largest absolute Gasteiger partial charge is 0.491 e. The summed E-state index contributed by atoms with van der Waals surface area (Å²) in [6, 6.07) is 1.47. The number of morpholine rings is 1. The van der Waals surface area contributed by atoms with Crippen LogP contribution >= 0.6 is 0 Å². The standard InChI is InChI=1S/C15H23N3O4/c1-12-9-13(19)14(21-2)10-18(12)11-15(20)16-3-4-17-5-7-22-8-6-17/h9-10H,3-8,11H2,1-2H3,(H,16,20). The van der Waals surface area contributed by atoms with Crippen LogP contribution in [0.15, 0.2) is 17.1 Å². The molecule has 2 heterocycles. The van der Waals surface area contributed by atoms with E-state index in [-0.39, 0.29) is 23.6 Å². The summed E-state index contributed by atoms with van der Waals surface area (Å²) in [5.41, 5.74) is 0.554. The lowest BCUT2D eigenvalue weighted by Crippen LogP contribution is -2.41. The number of aromatic nitrogens is 1. The molecule has 0 bridgehead atoms. The Labute approximate surface area is 129 Å². The second-order valence-electron chi connectivity index (χ2n) is 5.28. The first-order valence-corrected chi connectivity index (χ1v) is 7.42. The number of methoxy groups -OCH3 is 1. The van der Waals surface area contributed by atoms with Crippen LogP contribution in [0.5, 0.6) is 5.75 Å². The van der Waals surface area contributed by atoms with Gasteiger partial charge in [-0.3, -0.25) is 14.5 Å². The average molecular weight is 309 g/mol. The Bertz CT molecular complexity index is 564. The van der Waals surface area contributed by atoms with Crippen molar-refractivity contribution in [1.29, 1.82) is 0 Å². The van der Waals surface area contributed by atoms with Gasteiger partial charge in [0.15, 0.2) is 5.75 Å². The summed E-state index contributed by atoms with van der Waals surface area (Å²) < 4.78 is 12.0. The van der Waals surface area contributed by atoms with Gasteiger partial charge in [-0.25, -0.2) is 0 Å². The van der Waals surface area contributed by atoms with Crippen LogP contribution < -0.4 is 15.5 Å². The Hall–Kier alpha value is -1.86. The van der Waals surface area contributed by atoms with Gasteiger partial charge in [-0.2, -0.15) is 0 Å². The molecule has 0 saturated carbocycles. The number of hydrogen-bond acceptors (Lipinski definition) is 5. The SMILES string of the molecule is COc1cn(CC(=O)NCCN2CCOCC2)c(C)cc1=O. The maximum Gasteiger partial charge on any atom is 0.239 e. The normalized spacial score (nSPS) is 15.5. The predicted octanol–water partition coefficient (Wildman–Crippen LogP) is -0.386. The smallest absolute Gasteiger partial charge is 0.239 e. The van der Waals surface area contributed by atoms with E-state index in [1.807, 2.05) is 0 Å². The molecule has 7 heteroatoms. The van der Waals surface area contributed by atoms with Crippen molar-refractivity contribution in [2.45, 2.75) is 13.5 Å². The molecule has 7 nitrogen and oxygen atoms in total. The molecule has 1 N–H and O–H groups in total. The van der Waals surface area contributed by atoms with E-state index >= 15 is 0 Å². The van der Waals surface area contributed by atoms with Gasteiger partial charge in [-0.15, -0.1) is 0 Å². The van der Waals surface area contributed by atoms with Crippen LogP contribution in [0.4, 0.5) is 0 Å². The van der Waals surface area contributed by atoms with E-state index in [4.69, 9.17) is 9.47 Å². The van der Waals surface area contributed by atoms with Crippen molar-refractivity contribution in [2.75, 3.05) is 46.5 Å². The highest BCUT2D eigenvalue weighted by atomic mass is 16.5. The van der Waals surface area contributed by atoms with Gasteiger partial charge in [0.05, 0.1) is 26.5 Å². The molecule has 0 radical (unpaired) electrons. The van der Waals surface area contributed by atoms with Gasteiger partial charge in [0.25, 0.3) is 0 Å². The number of amides is 1. The van der Waals surface area contributed by atoms with E-state index in [1.54, 1.807) is 17.7 Å². The highest BCUT2D eigenvalue weighted by molar-refractivity contribution is 5.75. The zero-order chi connectivity index (χ0) is 15.9. The summed E-state index contributed by atoms with van der Waals surface area (Å²) in [4.78, 5) is 25.9. The summed E-state index contributed by atoms with van der Waals surface area (Å²) >= 11 is 0. The third-order valence-corrected chi connectivity index (χ3v) is 3.70. The molecule has 1 fully saturated rings. The van der Waals surface area contributed by atoms with Crippen LogP contribution in [0.1, 0.15) is 5.69 Å². The van der Waals surface area contributed by atoms with Crippen molar-refractivity contribution in [3.63, 3.8) is 0 Å². The number of rotatable bonds is 6. The molecule has 1 saturated heterocycles. The highest BCUT2D eigenvalue weighted by Crippen LogP contribution is 2.05. The second-order valence-corrected chi connectivity index (χ2v) is 5.28. The molecule has 0 atom stereocenters. The minimum absolute atomic E-state index is 0.0814. The molecule has 0 aliphatic carbocycles. The van der Waals surface area contributed by atoms with Crippen LogP contribution in [0, 0.1) is 6.92 Å². The number of nitrogens with one attached hydrogen (secondary N) is 1. The quantitative estimate of drug-likeness (QED) is 0.775. The molecule has 1 aliphatic rings. The lowest BCUT2D eigenvalue weighted by atomic mass is 10.3. The fraction of sp³-hybridized carbons (Fsp3) is 0.600. The lowest BCUT2D eigenvalue weighted by molar-refractivity contribution is -0.121. The molecule has 2 rings (SSSR count). The van der Waals surface area contributed by atoms with Crippen molar-refractivity contribution in [1.82, 2.24) is 14.8 Å². The first-order valence-electron chi connectivity index (χ1n) is 7.42. The minimum Gasteiger partial charge on any atom is -0.491 e. The van der Waals surface area contributed by atoms with Crippen molar-refractivity contribution in [2.24, 2.45) is 0 Å². The number of nitrogens with zero attached hydrogens (tertiary/aromatic N) is 2. The van der Waals surface area contributed by atoms with Gasteiger partial charge in [0.2, 0.25) is 11.3 Å². The van der Waals surface area contributed by atoms with E-state index in [1.165, 1.54) is 13.2 Å². The average Bonchev–Trinajstić information content (AvgIpc) is 2.51. The molecule has 22 heavy (non-hydrogen) atoms. The molecular formula is C15H23N3O4. The van der Waals surface area contributed by atoms with E-state index in [0.717, 1.165) is 38.5 Å². The molecule has 1 aromatic rings. The molecule has 122 valence electrons. The fourth-order valence-electron chi connectivity index (χ4n) is 2.36. The van der Waals surface area contributed by atoms with Crippen LogP contribution in [0.25, 0.3) is 0 Å². The van der Waals surface area contributed by atoms with Crippen molar-refractivity contribution in [3.8, 4) is 5.75 Å². The highest BCUT2D eigenvalue weighted by Gasteiger charge is 2.11. The second kappa shape index (κ2) is 7.95. The molecule has 1 amide bonds. The summed E-state index contributed by atoms with van der Waals surface area (Å²) in [6.07, 6.45) is 1.57. The summed E-state index contributed by atoms with van der Waals surface area (Å²) in [5.74, 6) is 0.161. The van der Waals surface area contributed by atoms with Crippen molar-refractivity contribution in [3.05, 3.63) is 28.2 Å². The van der Waals surface area contributed by atoms with Crippen molar-refractivity contribution >= 4 is 5.91 Å². The van der Waals surface area contributed by atoms with Crippen LogP contribution in [0.2, 0.25) is 0 Å². The summed E-state index contributed by atoms with van der Waals surface area (Å²) in [7, 11) is 1.44. The molecule has 1 aromatic heterocycles. The number of carbonyl (C=O) groups is 1. The van der Waals surface area contributed by atoms with E-state index in [9.17, 15) is 9.59 Å². The number of pyridine rings is 1. The zero-order valence-corrected chi connectivity index (χ0v) is 13.1. The Kier molecular flexibility index (Phi) is 5.97. The van der Waals surface area contributed by atoms with Gasteiger partial charge in [-0.1, -0.05) is 0 Å². The molecule has 0 spiro atoms. The van der Waals surface area contributed by atoms with Crippen molar-refractivity contribution < 1.29 is 14.3 Å². The van der Waals surface area contributed by atoms with Gasteiger partial charge >= 0.3 is 0 Å². The monoisotopic (exact) mass is 309 g/mol. The fourth-order valence-corrected chi connectivity index (χ4v) is 2.36. The van der Waals surface area contributed by atoms with Crippen LogP contribution in [0.3, 0.4) is 0 Å². The van der Waals surface area contributed by atoms with Gasteiger partial charge < -0.3 is 19.4 Å².